The molecule has 1 saturated heterocycles. The second-order valence-electron chi connectivity index (χ2n) is 5.58. The van der Waals surface area contributed by atoms with Crippen LogP contribution in [-0.4, -0.2) is 34.1 Å². The van der Waals surface area contributed by atoms with E-state index in [0.717, 1.165) is 18.4 Å². The van der Waals surface area contributed by atoms with Gasteiger partial charge in [0.05, 0.1) is 0 Å². The van der Waals surface area contributed by atoms with Gasteiger partial charge in [-0.25, -0.2) is 14.0 Å². The number of benzene rings is 1. The molecule has 1 heterocycles. The highest BCUT2D eigenvalue weighted by molar-refractivity contribution is 5.94. The Morgan fingerprint density at radius 2 is 2.10 bits per heavy atom. The maximum absolute atomic E-state index is 13.3. The van der Waals surface area contributed by atoms with Crippen LogP contribution in [0.25, 0.3) is 0 Å². The lowest BCUT2D eigenvalue weighted by atomic mass is 9.89. The summed E-state index contributed by atoms with van der Waals surface area (Å²) in [5.74, 6) is -1.47. The summed E-state index contributed by atoms with van der Waals surface area (Å²) < 4.78 is 13.3. The highest BCUT2D eigenvalue weighted by Crippen LogP contribution is 2.29. The van der Waals surface area contributed by atoms with Crippen molar-refractivity contribution in [3.63, 3.8) is 0 Å². The van der Waals surface area contributed by atoms with Crippen LogP contribution in [0.15, 0.2) is 18.2 Å². The molecule has 0 radical (unpaired) electrons. The first-order valence-electron chi connectivity index (χ1n) is 6.93. The van der Waals surface area contributed by atoms with E-state index >= 15 is 0 Å². The zero-order valence-electron chi connectivity index (χ0n) is 12.1. The standard InChI is InChI=1S/C15H19FN2O3/c1-10-5-6-11(16)9-12(10)17-14(21)18-8-4-3-7-15(18,2)13(19)20/h5-6,9H,3-4,7-8H2,1-2H3,(H,17,21)(H,19,20). The predicted octanol–water partition coefficient (Wildman–Crippen LogP) is 3.00. The van der Waals surface area contributed by atoms with Gasteiger partial charge in [0.15, 0.2) is 0 Å². The monoisotopic (exact) mass is 294 g/mol. The van der Waals surface area contributed by atoms with Crippen molar-refractivity contribution in [2.45, 2.75) is 38.6 Å². The minimum absolute atomic E-state index is 0.360. The summed E-state index contributed by atoms with van der Waals surface area (Å²) >= 11 is 0. The molecule has 1 fully saturated rings. The summed E-state index contributed by atoms with van der Waals surface area (Å²) in [5.41, 5.74) is -0.138. The summed E-state index contributed by atoms with van der Waals surface area (Å²) in [6.07, 6.45) is 1.95. The number of amides is 2. The molecule has 1 unspecified atom stereocenters. The van der Waals surface area contributed by atoms with Crippen molar-refractivity contribution in [2.24, 2.45) is 0 Å². The fourth-order valence-electron chi connectivity index (χ4n) is 2.58. The molecule has 21 heavy (non-hydrogen) atoms. The number of carbonyl (C=O) groups is 2. The molecule has 0 saturated carbocycles. The third-order valence-corrected chi connectivity index (χ3v) is 4.04. The normalized spacial score (nSPS) is 22.0. The zero-order chi connectivity index (χ0) is 15.6. The van der Waals surface area contributed by atoms with Gasteiger partial charge in [-0.1, -0.05) is 6.07 Å². The van der Waals surface area contributed by atoms with Crippen molar-refractivity contribution in [2.75, 3.05) is 11.9 Å². The van der Waals surface area contributed by atoms with Crippen molar-refractivity contribution in [1.82, 2.24) is 4.90 Å². The number of rotatable bonds is 2. The summed E-state index contributed by atoms with van der Waals surface area (Å²) in [6, 6.07) is 3.60. The van der Waals surface area contributed by atoms with Crippen LogP contribution in [0.5, 0.6) is 0 Å². The van der Waals surface area contributed by atoms with Gasteiger partial charge in [-0.05, 0) is 50.8 Å². The second kappa shape index (κ2) is 5.71. The lowest BCUT2D eigenvalue weighted by Gasteiger charge is -2.41. The summed E-state index contributed by atoms with van der Waals surface area (Å²) in [5, 5.41) is 12.0. The molecule has 0 spiro atoms. The lowest BCUT2D eigenvalue weighted by Crippen LogP contribution is -2.58. The van der Waals surface area contributed by atoms with Gasteiger partial charge in [-0.15, -0.1) is 0 Å². The first-order valence-corrected chi connectivity index (χ1v) is 6.93. The Morgan fingerprint density at radius 1 is 1.38 bits per heavy atom. The molecule has 0 aromatic heterocycles. The van der Waals surface area contributed by atoms with Crippen molar-refractivity contribution < 1.29 is 19.1 Å². The van der Waals surface area contributed by atoms with Crippen molar-refractivity contribution in [3.8, 4) is 0 Å². The smallest absolute Gasteiger partial charge is 0.329 e. The summed E-state index contributed by atoms with van der Waals surface area (Å²) in [4.78, 5) is 25.2. The molecule has 2 amide bonds. The summed E-state index contributed by atoms with van der Waals surface area (Å²) in [7, 11) is 0. The van der Waals surface area contributed by atoms with Gasteiger partial charge < -0.3 is 15.3 Å². The van der Waals surface area contributed by atoms with Gasteiger partial charge in [0, 0.05) is 12.2 Å². The highest BCUT2D eigenvalue weighted by Gasteiger charge is 2.44. The quantitative estimate of drug-likeness (QED) is 0.881. The predicted molar refractivity (Wildman–Crippen MR) is 76.8 cm³/mol. The van der Waals surface area contributed by atoms with Crippen molar-refractivity contribution >= 4 is 17.7 Å². The Morgan fingerprint density at radius 3 is 2.76 bits per heavy atom. The average molecular weight is 294 g/mol. The van der Waals surface area contributed by atoms with Crippen LogP contribution in [0.1, 0.15) is 31.7 Å². The minimum Gasteiger partial charge on any atom is -0.480 e. The number of aliphatic carboxylic acids is 1. The van der Waals surface area contributed by atoms with Crippen molar-refractivity contribution in [1.29, 1.82) is 0 Å². The third kappa shape index (κ3) is 2.99. The topological polar surface area (TPSA) is 69.6 Å². The Bertz CT molecular complexity index is 576. The maximum Gasteiger partial charge on any atom is 0.329 e. The first-order chi connectivity index (χ1) is 9.84. The Hall–Kier alpha value is -2.11. The van der Waals surface area contributed by atoms with Gasteiger partial charge >= 0.3 is 12.0 Å². The minimum atomic E-state index is -1.22. The van der Waals surface area contributed by atoms with E-state index in [0.29, 0.717) is 18.7 Å². The number of carboxylic acid groups (broad SMARTS) is 1. The number of carbonyl (C=O) groups excluding carboxylic acids is 1. The number of carboxylic acids is 1. The molecule has 6 heteroatoms. The second-order valence-corrected chi connectivity index (χ2v) is 5.58. The van der Waals surface area contributed by atoms with Crippen molar-refractivity contribution in [3.05, 3.63) is 29.6 Å². The van der Waals surface area contributed by atoms with Crippen LogP contribution >= 0.6 is 0 Å². The van der Waals surface area contributed by atoms with Crippen LogP contribution in [-0.2, 0) is 4.79 Å². The molecule has 1 aromatic rings. The largest absolute Gasteiger partial charge is 0.480 e. The Kier molecular flexibility index (Phi) is 4.16. The van der Waals surface area contributed by atoms with Gasteiger partial charge in [0.1, 0.15) is 11.4 Å². The molecule has 2 rings (SSSR count). The Labute approximate surface area is 122 Å². The van der Waals surface area contributed by atoms with Gasteiger partial charge in [0.25, 0.3) is 0 Å². The number of hydrogen-bond acceptors (Lipinski definition) is 2. The number of hydrogen-bond donors (Lipinski definition) is 2. The highest BCUT2D eigenvalue weighted by atomic mass is 19.1. The number of nitrogens with one attached hydrogen (secondary N) is 1. The number of likely N-dealkylation sites (tertiary alicyclic amines) is 1. The third-order valence-electron chi connectivity index (χ3n) is 4.04. The van der Waals surface area contributed by atoms with E-state index in [-0.39, 0.29) is 0 Å². The van der Waals surface area contributed by atoms with E-state index in [1.807, 2.05) is 0 Å². The van der Waals surface area contributed by atoms with Crippen LogP contribution in [0.4, 0.5) is 14.9 Å². The molecule has 1 aromatic carbocycles. The van der Waals surface area contributed by atoms with Crippen LogP contribution in [0, 0.1) is 12.7 Å². The fourth-order valence-corrected chi connectivity index (χ4v) is 2.58. The number of anilines is 1. The Balaban J connectivity index is 2.22. The van der Waals surface area contributed by atoms with E-state index in [1.54, 1.807) is 19.9 Å². The molecular weight excluding hydrogens is 275 g/mol. The lowest BCUT2D eigenvalue weighted by molar-refractivity contribution is -0.150. The molecule has 1 aliphatic heterocycles. The SMILES string of the molecule is Cc1ccc(F)cc1NC(=O)N1CCCCC1(C)C(=O)O. The average Bonchev–Trinajstić information content (AvgIpc) is 2.43. The molecule has 0 bridgehead atoms. The molecule has 0 aliphatic carbocycles. The van der Waals surface area contributed by atoms with Gasteiger partial charge in [-0.2, -0.15) is 0 Å². The molecule has 5 nitrogen and oxygen atoms in total. The van der Waals surface area contributed by atoms with Crippen LogP contribution in [0.3, 0.4) is 0 Å². The van der Waals surface area contributed by atoms with E-state index < -0.39 is 23.4 Å². The molecule has 2 N–H and O–H groups in total. The number of aryl methyl sites for hydroxylation is 1. The first kappa shape index (κ1) is 15.3. The summed E-state index contributed by atoms with van der Waals surface area (Å²) in [6.45, 7) is 3.68. The molecular formula is C15H19FN2O3. The molecule has 1 atom stereocenters. The van der Waals surface area contributed by atoms with E-state index in [4.69, 9.17) is 0 Å². The zero-order valence-corrected chi connectivity index (χ0v) is 12.1. The van der Waals surface area contributed by atoms with E-state index in [9.17, 15) is 19.1 Å². The van der Waals surface area contributed by atoms with Gasteiger partial charge in [-0.3, -0.25) is 0 Å². The number of halogens is 1. The maximum atomic E-state index is 13.3. The fraction of sp³-hybridized carbons (Fsp3) is 0.467. The molecule has 114 valence electrons. The number of nitrogens with zero attached hydrogens (tertiary/aromatic N) is 1. The van der Waals surface area contributed by atoms with Crippen LogP contribution in [0.2, 0.25) is 0 Å². The van der Waals surface area contributed by atoms with Gasteiger partial charge in [0.2, 0.25) is 0 Å². The number of piperidine rings is 1. The number of urea groups is 1. The van der Waals surface area contributed by atoms with E-state index in [2.05, 4.69) is 5.32 Å². The van der Waals surface area contributed by atoms with E-state index in [1.165, 1.54) is 17.0 Å². The van der Waals surface area contributed by atoms with Crippen LogP contribution < -0.4 is 5.32 Å². The molecule has 1 aliphatic rings.